The van der Waals surface area contributed by atoms with Crippen molar-refractivity contribution >= 4 is 23.3 Å². The number of carbonyl (C=O) groups excluding carboxylic acids is 2. The van der Waals surface area contributed by atoms with E-state index in [-0.39, 0.29) is 24.2 Å². The molecule has 1 aliphatic carbocycles. The smallest absolute Gasteiger partial charge is 0.462 e. The summed E-state index contributed by atoms with van der Waals surface area (Å²) < 4.78 is 41.9. The zero-order valence-corrected chi connectivity index (χ0v) is 26.5. The molecule has 4 rings (SSSR count). The number of hydrogen-bond acceptors (Lipinski definition) is 5. The van der Waals surface area contributed by atoms with Gasteiger partial charge in [0.1, 0.15) is 5.60 Å². The molecule has 2 atom stereocenters. The van der Waals surface area contributed by atoms with Crippen molar-refractivity contribution in [1.29, 1.82) is 0 Å². The number of unbranched alkanes of at least 4 members (excludes halogenated alkanes) is 1. The Kier molecular flexibility index (Phi) is 12.1. The maximum Gasteiger partial charge on any atom is 0.471 e. The number of carbonyl (C=O) groups is 2. The molecule has 0 bridgehead atoms. The molecule has 0 radical (unpaired) electrons. The van der Waals surface area contributed by atoms with E-state index in [0.717, 1.165) is 45.1 Å². The Balaban J connectivity index is 0.000000646. The second-order valence-corrected chi connectivity index (χ2v) is 12.9. The van der Waals surface area contributed by atoms with Crippen LogP contribution in [0.15, 0.2) is 35.5 Å². The highest BCUT2D eigenvalue weighted by Crippen LogP contribution is 2.43. The van der Waals surface area contributed by atoms with Gasteiger partial charge < -0.3 is 25.3 Å². The summed E-state index contributed by atoms with van der Waals surface area (Å²) in [5.41, 5.74) is 6.54. The lowest BCUT2D eigenvalue weighted by molar-refractivity contribution is -0.173. The molecular formula is C33H49F3N4O3. The van der Waals surface area contributed by atoms with Gasteiger partial charge in [-0.05, 0) is 102 Å². The van der Waals surface area contributed by atoms with Crippen molar-refractivity contribution in [2.75, 3.05) is 20.1 Å². The molecule has 0 spiro atoms. The molecule has 1 fully saturated rings. The number of halogens is 3. The Morgan fingerprint density at radius 1 is 1.14 bits per heavy atom. The zero-order valence-electron chi connectivity index (χ0n) is 26.5. The number of likely N-dealkylation sites (N-methyl/N-ethyl adjacent to an activating group) is 1. The number of benzene rings is 1. The number of para-hydroxylation sites is 1. The normalized spacial score (nSPS) is 17.5. The van der Waals surface area contributed by atoms with Gasteiger partial charge in [-0.1, -0.05) is 32.0 Å². The molecule has 1 saturated carbocycles. The minimum Gasteiger partial charge on any atom is -0.462 e. The second-order valence-electron chi connectivity index (χ2n) is 12.9. The molecule has 0 saturated heterocycles. The number of fused-ring (bicyclic) bond motifs is 3. The van der Waals surface area contributed by atoms with Crippen LogP contribution in [-0.2, 0) is 20.7 Å². The van der Waals surface area contributed by atoms with Gasteiger partial charge in [-0.15, -0.1) is 0 Å². The molecule has 43 heavy (non-hydrogen) atoms. The summed E-state index contributed by atoms with van der Waals surface area (Å²) >= 11 is 0. The molecule has 2 aromatic rings. The number of allylic oxidation sites excluding steroid dienone is 1. The van der Waals surface area contributed by atoms with Crippen LogP contribution in [0.1, 0.15) is 96.9 Å². The molecular weight excluding hydrogens is 557 g/mol. The average Bonchev–Trinajstić information content (AvgIpc) is 3.27. The van der Waals surface area contributed by atoms with Crippen LogP contribution in [-0.4, -0.2) is 60.2 Å². The third-order valence-corrected chi connectivity index (χ3v) is 8.03. The van der Waals surface area contributed by atoms with Gasteiger partial charge in [0.05, 0.1) is 6.04 Å². The minimum atomic E-state index is -4.82. The Morgan fingerprint density at radius 2 is 1.84 bits per heavy atom. The lowest BCUT2D eigenvalue weighted by Gasteiger charge is -2.45. The molecule has 2 aliphatic rings. The molecule has 1 aliphatic heterocycles. The number of amides is 1. The average molecular weight is 607 g/mol. The monoisotopic (exact) mass is 606 g/mol. The summed E-state index contributed by atoms with van der Waals surface area (Å²) in [6, 6.07) is 8.96. The van der Waals surface area contributed by atoms with Crippen LogP contribution in [0.25, 0.3) is 10.9 Å². The van der Waals surface area contributed by atoms with Crippen LogP contribution < -0.4 is 10.6 Å². The highest BCUT2D eigenvalue weighted by atomic mass is 19.4. The van der Waals surface area contributed by atoms with E-state index >= 15 is 0 Å². The Bertz CT molecular complexity index is 1240. The van der Waals surface area contributed by atoms with Crippen LogP contribution in [0.5, 0.6) is 0 Å². The van der Waals surface area contributed by atoms with E-state index in [0.29, 0.717) is 18.8 Å². The van der Waals surface area contributed by atoms with Gasteiger partial charge in [0.25, 0.3) is 6.47 Å². The zero-order chi connectivity index (χ0) is 31.8. The first-order valence-electron chi connectivity index (χ1n) is 15.5. The number of rotatable bonds is 11. The number of nitrogens with one attached hydrogen (secondary N) is 3. The van der Waals surface area contributed by atoms with E-state index in [1.807, 2.05) is 33.1 Å². The van der Waals surface area contributed by atoms with Gasteiger partial charge in [-0.3, -0.25) is 9.59 Å². The quantitative estimate of drug-likeness (QED) is 0.191. The van der Waals surface area contributed by atoms with Crippen LogP contribution in [0.4, 0.5) is 13.2 Å². The van der Waals surface area contributed by atoms with Gasteiger partial charge in [0.15, 0.2) is 0 Å². The molecule has 10 heteroatoms. The molecule has 3 N–H and O–H groups in total. The molecule has 2 heterocycles. The van der Waals surface area contributed by atoms with Crippen LogP contribution in [0.2, 0.25) is 0 Å². The molecule has 240 valence electrons. The highest BCUT2D eigenvalue weighted by molar-refractivity contribution is 5.85. The molecule has 1 aromatic heterocycles. The number of ether oxygens (including phenoxy) is 1. The van der Waals surface area contributed by atoms with Gasteiger partial charge in [-0.2, -0.15) is 13.2 Å². The third-order valence-electron chi connectivity index (χ3n) is 8.03. The van der Waals surface area contributed by atoms with Crippen molar-refractivity contribution in [3.8, 4) is 0 Å². The van der Waals surface area contributed by atoms with Crippen LogP contribution >= 0.6 is 0 Å². The number of alkyl halides is 3. The van der Waals surface area contributed by atoms with E-state index in [1.54, 1.807) is 0 Å². The van der Waals surface area contributed by atoms with Crippen molar-refractivity contribution in [2.24, 2.45) is 5.92 Å². The predicted octanol–water partition coefficient (Wildman–Crippen LogP) is 6.95. The largest absolute Gasteiger partial charge is 0.471 e. The number of nitrogens with zero attached hydrogens (tertiary/aromatic N) is 1. The van der Waals surface area contributed by atoms with Crippen molar-refractivity contribution in [1.82, 2.24) is 20.5 Å². The first-order valence-corrected chi connectivity index (χ1v) is 15.5. The van der Waals surface area contributed by atoms with Crippen molar-refractivity contribution in [3.05, 3.63) is 46.8 Å². The first-order chi connectivity index (χ1) is 20.3. The van der Waals surface area contributed by atoms with Gasteiger partial charge >= 0.3 is 12.1 Å². The van der Waals surface area contributed by atoms with Gasteiger partial charge in [0, 0.05) is 41.4 Å². The van der Waals surface area contributed by atoms with Crippen LogP contribution in [0, 0.1) is 5.92 Å². The fourth-order valence-electron chi connectivity index (χ4n) is 5.90. The number of aromatic amines is 1. The second kappa shape index (κ2) is 15.1. The van der Waals surface area contributed by atoms with Crippen molar-refractivity contribution < 1.29 is 27.5 Å². The van der Waals surface area contributed by atoms with Crippen molar-refractivity contribution in [3.63, 3.8) is 0 Å². The topological polar surface area (TPSA) is 86.5 Å². The maximum atomic E-state index is 12.5. The van der Waals surface area contributed by atoms with E-state index in [1.165, 1.54) is 39.9 Å². The first kappa shape index (κ1) is 34.5. The lowest BCUT2D eigenvalue weighted by Crippen LogP contribution is -2.44. The fraction of sp³-hybridized carbons (Fsp3) is 0.636. The van der Waals surface area contributed by atoms with Crippen LogP contribution in [0.3, 0.4) is 0 Å². The Labute approximate surface area is 254 Å². The predicted molar refractivity (Wildman–Crippen MR) is 164 cm³/mol. The number of hydrogen-bond donors (Lipinski definition) is 3. The van der Waals surface area contributed by atoms with Gasteiger partial charge in [-0.25, -0.2) is 0 Å². The lowest BCUT2D eigenvalue weighted by atomic mass is 9.83. The number of H-pyrrole nitrogens is 1. The summed E-state index contributed by atoms with van der Waals surface area (Å²) in [7, 11) is 1.98. The molecule has 1 amide bonds. The molecule has 7 nitrogen and oxygen atoms in total. The summed E-state index contributed by atoms with van der Waals surface area (Å²) in [6.45, 7) is 11.5. The van der Waals surface area contributed by atoms with E-state index in [9.17, 15) is 22.8 Å². The Morgan fingerprint density at radius 3 is 2.37 bits per heavy atom. The highest BCUT2D eigenvalue weighted by Gasteiger charge is 2.38. The summed E-state index contributed by atoms with van der Waals surface area (Å²) in [4.78, 5) is 27.1. The van der Waals surface area contributed by atoms with E-state index in [4.69, 9.17) is 0 Å². The molecule has 1 aromatic carbocycles. The van der Waals surface area contributed by atoms with Gasteiger partial charge in [0.2, 0.25) is 0 Å². The molecule has 2 unspecified atom stereocenters. The van der Waals surface area contributed by atoms with E-state index < -0.39 is 12.1 Å². The summed E-state index contributed by atoms with van der Waals surface area (Å²) in [5, 5.41) is 6.84. The maximum absolute atomic E-state index is 12.5. The minimum absolute atomic E-state index is 0.0405. The van der Waals surface area contributed by atoms with Crippen molar-refractivity contribution in [2.45, 2.75) is 110 Å². The third kappa shape index (κ3) is 9.49. The Hall–Kier alpha value is -3.01. The SMILES string of the molecule is CC(C)(C)OC=O.CNC(CCCCNC(=O)C(F)(F)F)C(=C1CCC1)N1CCc2c([nH]c3ccccc23)C1CC(C)C. The number of aromatic nitrogens is 1. The summed E-state index contributed by atoms with van der Waals surface area (Å²) in [6.07, 6.45) is 2.72. The fourth-order valence-corrected chi connectivity index (χ4v) is 5.90. The summed E-state index contributed by atoms with van der Waals surface area (Å²) in [5.74, 6) is -1.32. The van der Waals surface area contributed by atoms with E-state index in [2.05, 4.69) is 58.1 Å². The standard InChI is InChI=1S/C28H39F3N4O.C5H10O2/c1-18(2)17-24-25-21(20-11-4-5-12-22(20)34-25)14-16-35(24)26(19-9-8-10-19)23(32-3)13-6-7-15-33-27(36)28(29,30)31;1-5(2,3)7-4-6/h4-5,11-12,18,23-24,32,34H,6-10,13-17H2,1-3H3,(H,33,36);4H,1-3H3.